The van der Waals surface area contributed by atoms with Crippen LogP contribution in [0.25, 0.3) is 0 Å². The smallest absolute Gasteiger partial charge is 0.102 e. The van der Waals surface area contributed by atoms with Gasteiger partial charge in [-0.3, -0.25) is 4.90 Å². The number of hydrogen-bond donors (Lipinski definition) is 3. The largest absolute Gasteiger partial charge is 0.391 e. The molecule has 1 aliphatic rings. The summed E-state index contributed by atoms with van der Waals surface area (Å²) in [6, 6.07) is -0.226. The van der Waals surface area contributed by atoms with Crippen LogP contribution in [0.5, 0.6) is 0 Å². The maximum atomic E-state index is 11.0. The molecule has 1 rings (SSSR count). The maximum absolute atomic E-state index is 11.0. The van der Waals surface area contributed by atoms with Gasteiger partial charge in [-0.15, -0.1) is 0 Å². The zero-order valence-corrected chi connectivity index (χ0v) is 19.3. The molecule has 1 saturated carbocycles. The first kappa shape index (κ1) is 25.8. The van der Waals surface area contributed by atoms with Gasteiger partial charge in [0.1, 0.15) is 6.10 Å². The zero-order valence-electron chi connectivity index (χ0n) is 19.3. The summed E-state index contributed by atoms with van der Waals surface area (Å²) in [5.41, 5.74) is -1.26. The third-order valence-electron chi connectivity index (χ3n) is 6.89. The molecule has 0 spiro atoms. The Kier molecular flexibility index (Phi) is 10.9. The number of nitrogens with zero attached hydrogens (tertiary/aromatic N) is 1. The number of unbranched alkanes of at least 4 members (excludes halogenated alkanes) is 5. The minimum Gasteiger partial charge on any atom is -0.391 e. The van der Waals surface area contributed by atoms with Gasteiger partial charge in [-0.25, -0.2) is 0 Å². The molecule has 0 aromatic heterocycles. The van der Waals surface area contributed by atoms with Gasteiger partial charge in [-0.2, -0.15) is 0 Å². The van der Waals surface area contributed by atoms with Crippen LogP contribution in [0.3, 0.4) is 0 Å². The molecule has 5 heteroatoms. The fraction of sp³-hybridized carbons (Fsp3) is 1.00. The van der Waals surface area contributed by atoms with Crippen LogP contribution in [-0.4, -0.2) is 70.4 Å². The van der Waals surface area contributed by atoms with Gasteiger partial charge < -0.3 is 20.1 Å². The van der Waals surface area contributed by atoms with E-state index >= 15 is 0 Å². The summed E-state index contributed by atoms with van der Waals surface area (Å²) in [5.74, 6) is 0. The molecule has 1 fully saturated rings. The zero-order chi connectivity index (χ0) is 21.4. The standard InChI is InChI=1S/C23H47NO4/c1-7-9-11-12-13-15-24(6)20-18(25)16-19(26)21(20)28-17-23(5,27)22(3,4)14-10-8-2/h18-21,25-27H,7-17H2,1-6H3/t18-,19+,20+,21+,23?/m1/s1. The van der Waals surface area contributed by atoms with Crippen molar-refractivity contribution >= 4 is 0 Å². The first-order chi connectivity index (χ1) is 13.1. The lowest BCUT2D eigenvalue weighted by Crippen LogP contribution is -2.51. The highest BCUT2D eigenvalue weighted by Gasteiger charge is 2.47. The maximum Gasteiger partial charge on any atom is 0.102 e. The van der Waals surface area contributed by atoms with Crippen LogP contribution >= 0.6 is 0 Å². The molecule has 0 radical (unpaired) electrons. The topological polar surface area (TPSA) is 73.2 Å². The van der Waals surface area contributed by atoms with Crippen LogP contribution in [0.4, 0.5) is 0 Å². The molecule has 3 N–H and O–H groups in total. The van der Waals surface area contributed by atoms with Gasteiger partial charge in [-0.05, 0) is 38.8 Å². The quantitative estimate of drug-likeness (QED) is 0.387. The van der Waals surface area contributed by atoms with Gasteiger partial charge in [0.2, 0.25) is 0 Å². The molecule has 0 saturated heterocycles. The molecular formula is C23H47NO4. The summed E-state index contributed by atoms with van der Waals surface area (Å²) in [6.07, 6.45) is 7.68. The van der Waals surface area contributed by atoms with Crippen molar-refractivity contribution in [3.63, 3.8) is 0 Å². The molecule has 5 atom stereocenters. The third kappa shape index (κ3) is 7.24. The Bertz CT molecular complexity index is 427. The minimum atomic E-state index is -0.987. The van der Waals surface area contributed by atoms with Crippen molar-refractivity contribution in [2.45, 2.75) is 122 Å². The lowest BCUT2D eigenvalue weighted by Gasteiger charge is -2.42. The predicted molar refractivity (Wildman–Crippen MR) is 115 cm³/mol. The third-order valence-corrected chi connectivity index (χ3v) is 6.89. The summed E-state index contributed by atoms with van der Waals surface area (Å²) in [5, 5.41) is 32.0. The Balaban J connectivity index is 2.65. The van der Waals surface area contributed by atoms with Gasteiger partial charge in [0, 0.05) is 6.42 Å². The van der Waals surface area contributed by atoms with Crippen molar-refractivity contribution in [1.82, 2.24) is 4.90 Å². The molecule has 0 aromatic rings. The molecule has 0 amide bonds. The summed E-state index contributed by atoms with van der Waals surface area (Å²) >= 11 is 0. The van der Waals surface area contributed by atoms with E-state index in [0.29, 0.717) is 6.42 Å². The van der Waals surface area contributed by atoms with E-state index < -0.39 is 23.9 Å². The van der Waals surface area contributed by atoms with Crippen LogP contribution in [0, 0.1) is 5.41 Å². The van der Waals surface area contributed by atoms with Crippen LogP contribution in [-0.2, 0) is 4.74 Å². The second-order valence-corrected chi connectivity index (χ2v) is 9.79. The second kappa shape index (κ2) is 11.8. The Hall–Kier alpha value is -0.200. The highest BCUT2D eigenvalue weighted by molar-refractivity contribution is 4.99. The summed E-state index contributed by atoms with van der Waals surface area (Å²) in [7, 11) is 2.01. The van der Waals surface area contributed by atoms with E-state index in [1.54, 1.807) is 0 Å². The second-order valence-electron chi connectivity index (χ2n) is 9.79. The Morgan fingerprint density at radius 2 is 1.54 bits per heavy atom. The summed E-state index contributed by atoms with van der Waals surface area (Å²) in [4.78, 5) is 2.13. The van der Waals surface area contributed by atoms with Gasteiger partial charge in [0.15, 0.2) is 0 Å². The van der Waals surface area contributed by atoms with Gasteiger partial charge in [0.25, 0.3) is 0 Å². The number of aliphatic hydroxyl groups is 3. The molecule has 168 valence electrons. The lowest BCUT2D eigenvalue weighted by molar-refractivity contribution is -0.150. The van der Waals surface area contributed by atoms with Crippen molar-refractivity contribution in [1.29, 1.82) is 0 Å². The average Bonchev–Trinajstić information content (AvgIpc) is 2.91. The van der Waals surface area contributed by atoms with Crippen LogP contribution in [0.1, 0.15) is 92.4 Å². The minimum absolute atomic E-state index is 0.166. The average molecular weight is 402 g/mol. The number of hydrogen-bond acceptors (Lipinski definition) is 5. The first-order valence-corrected chi connectivity index (χ1v) is 11.5. The van der Waals surface area contributed by atoms with Crippen molar-refractivity contribution in [3.05, 3.63) is 0 Å². The predicted octanol–water partition coefficient (Wildman–Crippen LogP) is 3.74. The van der Waals surface area contributed by atoms with Crippen molar-refractivity contribution in [3.8, 4) is 0 Å². The SMILES string of the molecule is CCCCCCCN(C)[C@@H]1[C@@H](OCC(C)(O)C(C)(C)CCCC)[C@@H](O)C[C@H]1O. The van der Waals surface area contributed by atoms with E-state index in [0.717, 1.165) is 32.2 Å². The summed E-state index contributed by atoms with van der Waals surface area (Å²) in [6.45, 7) is 11.4. The van der Waals surface area contributed by atoms with E-state index in [1.165, 1.54) is 25.7 Å². The van der Waals surface area contributed by atoms with E-state index in [2.05, 4.69) is 32.6 Å². The van der Waals surface area contributed by atoms with Crippen molar-refractivity contribution < 1.29 is 20.1 Å². The molecular weight excluding hydrogens is 354 g/mol. The van der Waals surface area contributed by atoms with Gasteiger partial charge >= 0.3 is 0 Å². The van der Waals surface area contributed by atoms with Crippen LogP contribution in [0.15, 0.2) is 0 Å². The monoisotopic (exact) mass is 401 g/mol. The number of likely N-dealkylation sites (N-methyl/N-ethyl adjacent to an activating group) is 1. The molecule has 0 heterocycles. The molecule has 28 heavy (non-hydrogen) atoms. The van der Waals surface area contributed by atoms with Crippen molar-refractivity contribution in [2.24, 2.45) is 5.41 Å². The number of rotatable bonds is 14. The van der Waals surface area contributed by atoms with Crippen molar-refractivity contribution in [2.75, 3.05) is 20.2 Å². The summed E-state index contributed by atoms with van der Waals surface area (Å²) < 4.78 is 6.09. The molecule has 0 aromatic carbocycles. The molecule has 0 bridgehead atoms. The molecule has 1 aliphatic carbocycles. The fourth-order valence-electron chi connectivity index (χ4n) is 4.18. The van der Waals surface area contributed by atoms with Crippen LogP contribution in [0.2, 0.25) is 0 Å². The van der Waals surface area contributed by atoms with Gasteiger partial charge in [-0.1, -0.05) is 66.2 Å². The van der Waals surface area contributed by atoms with Gasteiger partial charge in [0.05, 0.1) is 30.5 Å². The van der Waals surface area contributed by atoms with E-state index in [9.17, 15) is 15.3 Å². The first-order valence-electron chi connectivity index (χ1n) is 11.5. The number of aliphatic hydroxyl groups excluding tert-OH is 2. The number of ether oxygens (including phenoxy) is 1. The van der Waals surface area contributed by atoms with Crippen LogP contribution < -0.4 is 0 Å². The lowest BCUT2D eigenvalue weighted by atomic mass is 9.73. The van der Waals surface area contributed by atoms with E-state index in [-0.39, 0.29) is 18.1 Å². The molecule has 5 nitrogen and oxygen atoms in total. The van der Waals surface area contributed by atoms with E-state index in [1.807, 2.05) is 14.0 Å². The molecule has 1 unspecified atom stereocenters. The molecule has 0 aliphatic heterocycles. The Morgan fingerprint density at radius 3 is 2.14 bits per heavy atom. The fourth-order valence-corrected chi connectivity index (χ4v) is 4.18. The van der Waals surface area contributed by atoms with E-state index in [4.69, 9.17) is 4.74 Å². The Morgan fingerprint density at radius 1 is 0.929 bits per heavy atom. The highest BCUT2D eigenvalue weighted by atomic mass is 16.5. The Labute approximate surface area is 173 Å². The normalized spacial score (nSPS) is 28.1. The highest BCUT2D eigenvalue weighted by Crippen LogP contribution is 2.37.